The Morgan fingerprint density at radius 3 is 2.34 bits per heavy atom. The summed E-state index contributed by atoms with van der Waals surface area (Å²) in [7, 11) is 0. The lowest BCUT2D eigenvalue weighted by Crippen LogP contribution is -2.47. The van der Waals surface area contributed by atoms with Crippen LogP contribution in [0.15, 0.2) is 60.7 Å². The third-order valence-electron chi connectivity index (χ3n) is 7.62. The lowest BCUT2D eigenvalue weighted by Gasteiger charge is -2.37. The van der Waals surface area contributed by atoms with Crippen molar-refractivity contribution in [3.63, 3.8) is 0 Å². The number of ether oxygens (including phenoxy) is 1. The molecule has 2 saturated heterocycles. The van der Waals surface area contributed by atoms with Gasteiger partial charge in [-0.2, -0.15) is 9.97 Å². The van der Waals surface area contributed by atoms with E-state index in [1.54, 1.807) is 0 Å². The fourth-order valence-corrected chi connectivity index (χ4v) is 5.66. The van der Waals surface area contributed by atoms with Crippen LogP contribution in [-0.4, -0.2) is 67.1 Å². The van der Waals surface area contributed by atoms with Crippen LogP contribution in [0.4, 0.5) is 23.3 Å². The Labute approximate surface area is 230 Å². The summed E-state index contributed by atoms with van der Waals surface area (Å²) < 4.78 is 5.72. The van der Waals surface area contributed by atoms with Gasteiger partial charge in [0.1, 0.15) is 11.6 Å². The largest absolute Gasteiger partial charge is 0.376 e. The summed E-state index contributed by atoms with van der Waals surface area (Å²) in [5.74, 6) is 2.40. The lowest BCUT2D eigenvalue weighted by atomic mass is 10.00. The van der Waals surface area contributed by atoms with Crippen molar-refractivity contribution in [2.24, 2.45) is 0 Å². The van der Waals surface area contributed by atoms with E-state index in [0.717, 1.165) is 76.8 Å². The number of thiocarbonyl (C=S) groups is 1. The van der Waals surface area contributed by atoms with E-state index in [4.69, 9.17) is 26.9 Å². The highest BCUT2D eigenvalue weighted by molar-refractivity contribution is 7.80. The van der Waals surface area contributed by atoms with Gasteiger partial charge < -0.3 is 30.1 Å². The number of nitrogens with zero attached hydrogens (tertiary/aromatic N) is 5. The van der Waals surface area contributed by atoms with Crippen molar-refractivity contribution in [1.29, 1.82) is 0 Å². The minimum atomic E-state index is 0.215. The zero-order valence-electron chi connectivity index (χ0n) is 21.7. The van der Waals surface area contributed by atoms with E-state index in [-0.39, 0.29) is 6.10 Å². The minimum Gasteiger partial charge on any atom is -0.376 e. The molecule has 3 aromatic rings. The molecule has 2 aromatic carbocycles. The molecule has 3 aliphatic heterocycles. The van der Waals surface area contributed by atoms with E-state index >= 15 is 0 Å². The average molecular weight is 530 g/mol. The highest BCUT2D eigenvalue weighted by atomic mass is 32.1. The van der Waals surface area contributed by atoms with E-state index < -0.39 is 0 Å². The highest BCUT2D eigenvalue weighted by Gasteiger charge is 2.23. The standard InChI is InChI=1S/C29H35N7OS/c38-29(30-20-25-11-6-18-37-25)33-28-31-26(35-16-14-34(15-17-35)24-9-2-1-3-10-24)19-27(32-28)36-13-12-22-7-4-5-8-23(22)21-36/h1-5,7-10,19,25H,6,11-18,20-21H2,(H2,30,31,32,33,38)/t25-/m1/s1. The number of para-hydroxylation sites is 1. The van der Waals surface area contributed by atoms with Gasteiger partial charge in [-0.05, 0) is 54.7 Å². The third kappa shape index (κ3) is 5.84. The lowest BCUT2D eigenvalue weighted by molar-refractivity contribution is 0.114. The minimum absolute atomic E-state index is 0.215. The molecule has 9 heteroatoms. The van der Waals surface area contributed by atoms with Crippen molar-refractivity contribution >= 4 is 40.6 Å². The molecule has 2 N–H and O–H groups in total. The van der Waals surface area contributed by atoms with Crippen LogP contribution in [0.1, 0.15) is 24.0 Å². The fourth-order valence-electron chi connectivity index (χ4n) is 5.48. The summed E-state index contributed by atoms with van der Waals surface area (Å²) in [5, 5.41) is 7.08. The first-order valence-electron chi connectivity index (χ1n) is 13.6. The third-order valence-corrected chi connectivity index (χ3v) is 7.86. The van der Waals surface area contributed by atoms with Crippen molar-refractivity contribution in [3.05, 3.63) is 71.8 Å². The molecule has 198 valence electrons. The Kier molecular flexibility index (Phi) is 7.55. The molecule has 1 aromatic heterocycles. The van der Waals surface area contributed by atoms with Crippen molar-refractivity contribution in [2.75, 3.05) is 65.9 Å². The van der Waals surface area contributed by atoms with Crippen LogP contribution in [0.3, 0.4) is 0 Å². The molecule has 0 saturated carbocycles. The summed E-state index contributed by atoms with van der Waals surface area (Å²) >= 11 is 5.60. The molecule has 0 aliphatic carbocycles. The number of hydrogen-bond donors (Lipinski definition) is 2. The van der Waals surface area contributed by atoms with Crippen molar-refractivity contribution < 1.29 is 4.74 Å². The molecular weight excluding hydrogens is 494 g/mol. The Balaban J connectivity index is 1.20. The van der Waals surface area contributed by atoms with E-state index in [2.05, 4.69) is 86.0 Å². The molecule has 2 fully saturated rings. The van der Waals surface area contributed by atoms with Crippen LogP contribution in [0.2, 0.25) is 0 Å². The quantitative estimate of drug-likeness (QED) is 0.464. The summed E-state index contributed by atoms with van der Waals surface area (Å²) in [6.45, 7) is 6.99. The second-order valence-electron chi connectivity index (χ2n) is 10.1. The summed E-state index contributed by atoms with van der Waals surface area (Å²) in [4.78, 5) is 17.0. The van der Waals surface area contributed by atoms with Crippen LogP contribution in [0.5, 0.6) is 0 Å². The number of anilines is 4. The maximum atomic E-state index is 5.72. The van der Waals surface area contributed by atoms with Crippen molar-refractivity contribution in [1.82, 2.24) is 15.3 Å². The maximum Gasteiger partial charge on any atom is 0.232 e. The maximum absolute atomic E-state index is 5.72. The number of nitrogens with one attached hydrogen (secondary N) is 2. The summed E-state index contributed by atoms with van der Waals surface area (Å²) in [6, 6.07) is 21.5. The molecule has 8 nitrogen and oxygen atoms in total. The monoisotopic (exact) mass is 529 g/mol. The van der Waals surface area contributed by atoms with Crippen LogP contribution in [-0.2, 0) is 17.7 Å². The summed E-state index contributed by atoms with van der Waals surface area (Å²) in [6.07, 6.45) is 3.40. The van der Waals surface area contributed by atoms with Gasteiger partial charge >= 0.3 is 0 Å². The number of piperazine rings is 1. The smallest absolute Gasteiger partial charge is 0.232 e. The van der Waals surface area contributed by atoms with Crippen molar-refractivity contribution in [2.45, 2.75) is 31.9 Å². The second kappa shape index (κ2) is 11.5. The molecule has 6 rings (SSSR count). The molecule has 0 amide bonds. The Hall–Kier alpha value is -3.43. The zero-order chi connectivity index (χ0) is 25.7. The highest BCUT2D eigenvalue weighted by Crippen LogP contribution is 2.28. The first-order chi connectivity index (χ1) is 18.7. The van der Waals surface area contributed by atoms with Crippen LogP contribution < -0.4 is 25.3 Å². The van der Waals surface area contributed by atoms with E-state index in [1.807, 2.05) is 0 Å². The molecular formula is C29H35N7OS. The van der Waals surface area contributed by atoms with Crippen molar-refractivity contribution in [3.8, 4) is 0 Å². The Morgan fingerprint density at radius 1 is 0.868 bits per heavy atom. The first-order valence-corrected chi connectivity index (χ1v) is 14.0. The Bertz CT molecular complexity index is 1240. The molecule has 0 bridgehead atoms. The van der Waals surface area contributed by atoms with E-state index in [9.17, 15) is 0 Å². The molecule has 0 radical (unpaired) electrons. The van der Waals surface area contributed by atoms with Crippen LogP contribution in [0.25, 0.3) is 0 Å². The van der Waals surface area contributed by atoms with Gasteiger partial charge in [0.05, 0.1) is 6.10 Å². The number of hydrogen-bond acceptors (Lipinski definition) is 7. The molecule has 0 unspecified atom stereocenters. The molecule has 1 atom stereocenters. The van der Waals surface area contributed by atoms with Gasteiger partial charge in [-0.25, -0.2) is 0 Å². The SMILES string of the molecule is S=C(NC[C@H]1CCCO1)Nc1nc(N2CCN(c3ccccc3)CC2)cc(N2CCc3ccccc3C2)n1. The second-order valence-corrected chi connectivity index (χ2v) is 10.5. The first kappa shape index (κ1) is 24.9. The van der Waals surface area contributed by atoms with E-state index in [1.165, 1.54) is 16.8 Å². The molecule has 0 spiro atoms. The Morgan fingerprint density at radius 2 is 1.58 bits per heavy atom. The topological polar surface area (TPSA) is 68.8 Å². The average Bonchev–Trinajstić information content (AvgIpc) is 3.50. The van der Waals surface area contributed by atoms with Crippen LogP contribution in [0, 0.1) is 0 Å². The molecule has 38 heavy (non-hydrogen) atoms. The zero-order valence-corrected chi connectivity index (χ0v) is 22.5. The number of rotatable bonds is 6. The fraction of sp³-hybridized carbons (Fsp3) is 0.414. The van der Waals surface area contributed by atoms with Crippen LogP contribution >= 0.6 is 12.2 Å². The summed E-state index contributed by atoms with van der Waals surface area (Å²) in [5.41, 5.74) is 4.05. The molecule has 4 heterocycles. The molecule has 3 aliphatic rings. The predicted molar refractivity (Wildman–Crippen MR) is 157 cm³/mol. The van der Waals surface area contributed by atoms with E-state index in [0.29, 0.717) is 17.6 Å². The van der Waals surface area contributed by atoms with Gasteiger partial charge in [-0.1, -0.05) is 42.5 Å². The van der Waals surface area contributed by atoms with Gasteiger partial charge in [0, 0.05) is 64.2 Å². The van der Waals surface area contributed by atoms with Gasteiger partial charge in [0.25, 0.3) is 0 Å². The van der Waals surface area contributed by atoms with Gasteiger partial charge in [0.2, 0.25) is 5.95 Å². The number of benzene rings is 2. The number of fused-ring (bicyclic) bond motifs is 1. The predicted octanol–water partition coefficient (Wildman–Crippen LogP) is 3.83. The van der Waals surface area contributed by atoms with Gasteiger partial charge in [0.15, 0.2) is 5.11 Å². The normalized spacial score (nSPS) is 19.3. The van der Waals surface area contributed by atoms with Gasteiger partial charge in [-0.15, -0.1) is 0 Å². The number of aromatic nitrogens is 2. The van der Waals surface area contributed by atoms with Gasteiger partial charge in [-0.3, -0.25) is 0 Å².